The summed E-state index contributed by atoms with van der Waals surface area (Å²) in [4.78, 5) is 16.8. The van der Waals surface area contributed by atoms with E-state index in [0.717, 1.165) is 44.8 Å². The highest BCUT2D eigenvalue weighted by atomic mass is 19.1. The molecule has 2 fully saturated rings. The van der Waals surface area contributed by atoms with Crippen LogP contribution in [0.1, 0.15) is 38.5 Å². The molecule has 1 aromatic rings. The van der Waals surface area contributed by atoms with Crippen molar-refractivity contribution in [3.8, 4) is 0 Å². The van der Waals surface area contributed by atoms with Crippen LogP contribution in [0.2, 0.25) is 0 Å². The Balaban J connectivity index is 1.41. The predicted molar refractivity (Wildman–Crippen MR) is 99.3 cm³/mol. The van der Waals surface area contributed by atoms with Gasteiger partial charge in [0.05, 0.1) is 6.54 Å². The van der Waals surface area contributed by atoms with Gasteiger partial charge in [0.15, 0.2) is 0 Å². The number of rotatable bonds is 5. The molecule has 1 amide bonds. The second kappa shape index (κ2) is 9.18. The molecule has 1 aliphatic heterocycles. The first-order valence-corrected chi connectivity index (χ1v) is 9.70. The molecule has 1 N–H and O–H groups in total. The van der Waals surface area contributed by atoms with Gasteiger partial charge in [0, 0.05) is 38.4 Å². The van der Waals surface area contributed by atoms with Gasteiger partial charge in [-0.3, -0.25) is 9.69 Å². The first-order chi connectivity index (χ1) is 12.2. The Kier molecular flexibility index (Phi) is 6.68. The number of hydrogen-bond acceptors (Lipinski definition) is 3. The summed E-state index contributed by atoms with van der Waals surface area (Å²) in [6, 6.07) is 6.69. The third-order valence-corrected chi connectivity index (χ3v) is 5.46. The molecule has 0 bridgehead atoms. The number of nitrogens with one attached hydrogen (secondary N) is 1. The average molecular weight is 347 g/mol. The molecule has 0 radical (unpaired) electrons. The van der Waals surface area contributed by atoms with Crippen LogP contribution in [0.4, 0.5) is 10.1 Å². The van der Waals surface area contributed by atoms with E-state index in [0.29, 0.717) is 12.5 Å². The van der Waals surface area contributed by atoms with E-state index in [9.17, 15) is 9.18 Å². The summed E-state index contributed by atoms with van der Waals surface area (Å²) in [7, 11) is 0. The molecule has 1 heterocycles. The zero-order valence-electron chi connectivity index (χ0n) is 15.1. The second-order valence-corrected chi connectivity index (χ2v) is 7.40. The standard InChI is InChI=1S/C20H30FN3O/c21-18-7-9-19(10-8-18)24-12-4-11-23(13-14-24)16-20(25)22-15-17-5-2-1-3-6-17/h7-10,17H,1-6,11-16H2,(H,22,25). The Morgan fingerprint density at radius 1 is 1.00 bits per heavy atom. The average Bonchev–Trinajstić information content (AvgIpc) is 2.87. The van der Waals surface area contributed by atoms with Gasteiger partial charge in [-0.1, -0.05) is 19.3 Å². The maximum atomic E-state index is 13.1. The molecule has 0 atom stereocenters. The fraction of sp³-hybridized carbons (Fsp3) is 0.650. The maximum Gasteiger partial charge on any atom is 0.234 e. The van der Waals surface area contributed by atoms with Crippen LogP contribution in [0.15, 0.2) is 24.3 Å². The Labute approximate surface area is 150 Å². The monoisotopic (exact) mass is 347 g/mol. The van der Waals surface area contributed by atoms with E-state index in [1.54, 1.807) is 0 Å². The molecular weight excluding hydrogens is 317 g/mol. The lowest BCUT2D eigenvalue weighted by Crippen LogP contribution is -2.41. The van der Waals surface area contributed by atoms with Gasteiger partial charge in [-0.25, -0.2) is 4.39 Å². The molecule has 3 rings (SSSR count). The Bertz CT molecular complexity index is 542. The number of amides is 1. The topological polar surface area (TPSA) is 35.6 Å². The van der Waals surface area contributed by atoms with Crippen LogP contribution >= 0.6 is 0 Å². The van der Waals surface area contributed by atoms with Crippen LogP contribution in [0.25, 0.3) is 0 Å². The highest BCUT2D eigenvalue weighted by Gasteiger charge is 2.19. The van der Waals surface area contributed by atoms with Crippen molar-refractivity contribution in [3.05, 3.63) is 30.1 Å². The van der Waals surface area contributed by atoms with Crippen molar-refractivity contribution < 1.29 is 9.18 Å². The van der Waals surface area contributed by atoms with E-state index >= 15 is 0 Å². The van der Waals surface area contributed by atoms with Crippen molar-refractivity contribution in [1.82, 2.24) is 10.2 Å². The number of hydrogen-bond donors (Lipinski definition) is 1. The highest BCUT2D eigenvalue weighted by Crippen LogP contribution is 2.22. The summed E-state index contributed by atoms with van der Waals surface area (Å²) in [6.45, 7) is 4.97. The fourth-order valence-corrected chi connectivity index (χ4v) is 3.95. The number of halogens is 1. The molecule has 4 nitrogen and oxygen atoms in total. The zero-order chi connectivity index (χ0) is 17.5. The molecule has 1 aliphatic carbocycles. The van der Waals surface area contributed by atoms with Crippen LogP contribution in [0.3, 0.4) is 0 Å². The summed E-state index contributed by atoms with van der Waals surface area (Å²) in [5.41, 5.74) is 1.06. The number of carbonyl (C=O) groups excluding carboxylic acids is 1. The molecule has 5 heteroatoms. The van der Waals surface area contributed by atoms with E-state index in [1.165, 1.54) is 44.2 Å². The van der Waals surface area contributed by atoms with E-state index < -0.39 is 0 Å². The van der Waals surface area contributed by atoms with Gasteiger partial charge in [-0.2, -0.15) is 0 Å². The van der Waals surface area contributed by atoms with Gasteiger partial charge in [0.2, 0.25) is 5.91 Å². The summed E-state index contributed by atoms with van der Waals surface area (Å²) in [5.74, 6) is 0.631. The number of carbonyl (C=O) groups is 1. The summed E-state index contributed by atoms with van der Waals surface area (Å²) < 4.78 is 13.1. The second-order valence-electron chi connectivity index (χ2n) is 7.40. The summed E-state index contributed by atoms with van der Waals surface area (Å²) in [6.07, 6.45) is 7.51. The molecule has 0 aromatic heterocycles. The molecule has 1 saturated carbocycles. The Hall–Kier alpha value is -1.62. The molecule has 0 spiro atoms. The van der Waals surface area contributed by atoms with Crippen LogP contribution in [-0.2, 0) is 4.79 Å². The summed E-state index contributed by atoms with van der Waals surface area (Å²) in [5, 5.41) is 3.13. The van der Waals surface area contributed by atoms with Crippen molar-refractivity contribution in [1.29, 1.82) is 0 Å². The van der Waals surface area contributed by atoms with Crippen LogP contribution in [-0.4, -0.2) is 50.1 Å². The largest absolute Gasteiger partial charge is 0.370 e. The third-order valence-electron chi connectivity index (χ3n) is 5.46. The number of anilines is 1. The normalized spacial score (nSPS) is 20.3. The van der Waals surface area contributed by atoms with Gasteiger partial charge in [-0.05, 0) is 49.4 Å². The van der Waals surface area contributed by atoms with Crippen molar-refractivity contribution in [2.24, 2.45) is 5.92 Å². The highest BCUT2D eigenvalue weighted by molar-refractivity contribution is 5.78. The molecule has 2 aliphatic rings. The number of nitrogens with zero attached hydrogens (tertiary/aromatic N) is 2. The molecular formula is C20H30FN3O. The van der Waals surface area contributed by atoms with Crippen LogP contribution in [0.5, 0.6) is 0 Å². The van der Waals surface area contributed by atoms with Crippen LogP contribution < -0.4 is 10.2 Å². The minimum Gasteiger partial charge on any atom is -0.370 e. The molecule has 1 aromatic carbocycles. The maximum absolute atomic E-state index is 13.1. The Morgan fingerprint density at radius 3 is 2.52 bits per heavy atom. The summed E-state index contributed by atoms with van der Waals surface area (Å²) >= 11 is 0. The van der Waals surface area contributed by atoms with Gasteiger partial charge in [0.1, 0.15) is 5.82 Å². The molecule has 25 heavy (non-hydrogen) atoms. The van der Waals surface area contributed by atoms with Gasteiger partial charge < -0.3 is 10.2 Å². The fourth-order valence-electron chi connectivity index (χ4n) is 3.95. The first kappa shape index (κ1) is 18.2. The quantitative estimate of drug-likeness (QED) is 0.889. The van der Waals surface area contributed by atoms with E-state index in [4.69, 9.17) is 0 Å². The molecule has 1 saturated heterocycles. The minimum absolute atomic E-state index is 0.154. The van der Waals surface area contributed by atoms with Gasteiger partial charge in [-0.15, -0.1) is 0 Å². The zero-order valence-corrected chi connectivity index (χ0v) is 15.1. The van der Waals surface area contributed by atoms with Gasteiger partial charge in [0.25, 0.3) is 0 Å². The van der Waals surface area contributed by atoms with Crippen LogP contribution in [0, 0.1) is 11.7 Å². The Morgan fingerprint density at radius 2 is 1.76 bits per heavy atom. The minimum atomic E-state index is -0.199. The smallest absolute Gasteiger partial charge is 0.234 e. The van der Waals surface area contributed by atoms with Crippen molar-refractivity contribution in [2.45, 2.75) is 38.5 Å². The van der Waals surface area contributed by atoms with Crippen molar-refractivity contribution in [3.63, 3.8) is 0 Å². The number of benzene rings is 1. The van der Waals surface area contributed by atoms with E-state index in [2.05, 4.69) is 15.1 Å². The van der Waals surface area contributed by atoms with E-state index in [1.807, 2.05) is 12.1 Å². The van der Waals surface area contributed by atoms with Crippen molar-refractivity contribution in [2.75, 3.05) is 44.2 Å². The lowest BCUT2D eigenvalue weighted by molar-refractivity contribution is -0.122. The van der Waals surface area contributed by atoms with E-state index in [-0.39, 0.29) is 11.7 Å². The lowest BCUT2D eigenvalue weighted by atomic mass is 9.89. The molecule has 138 valence electrons. The van der Waals surface area contributed by atoms with Crippen molar-refractivity contribution >= 4 is 11.6 Å². The SMILES string of the molecule is O=C(CN1CCCN(c2ccc(F)cc2)CC1)NCC1CCCCC1. The predicted octanol–water partition coefficient (Wildman–Crippen LogP) is 3.03. The van der Waals surface area contributed by atoms with Gasteiger partial charge >= 0.3 is 0 Å². The lowest BCUT2D eigenvalue weighted by Gasteiger charge is -2.24. The first-order valence-electron chi connectivity index (χ1n) is 9.70. The molecule has 0 unspecified atom stereocenters. The third kappa shape index (κ3) is 5.70.